The lowest BCUT2D eigenvalue weighted by Gasteiger charge is -2.18. The second-order valence-electron chi connectivity index (χ2n) is 6.53. The van der Waals surface area contributed by atoms with Gasteiger partial charge in [-0.15, -0.1) is 0 Å². The molecule has 4 nitrogen and oxygen atoms in total. The van der Waals surface area contributed by atoms with Crippen molar-refractivity contribution < 1.29 is 14.8 Å². The van der Waals surface area contributed by atoms with Crippen LogP contribution < -0.4 is 14.8 Å². The van der Waals surface area contributed by atoms with Crippen LogP contribution in [0.1, 0.15) is 31.9 Å². The van der Waals surface area contributed by atoms with E-state index >= 15 is 0 Å². The van der Waals surface area contributed by atoms with Gasteiger partial charge in [0.25, 0.3) is 0 Å². The highest BCUT2D eigenvalue weighted by molar-refractivity contribution is 6.32. The van der Waals surface area contributed by atoms with E-state index in [0.717, 1.165) is 17.7 Å². The van der Waals surface area contributed by atoms with Crippen LogP contribution in [0.2, 0.25) is 5.02 Å². The minimum atomic E-state index is 0.162. The smallest absolute Gasteiger partial charge is 0.180 e. The molecule has 0 spiro atoms. The van der Waals surface area contributed by atoms with Gasteiger partial charge in [0, 0.05) is 23.5 Å². The molecular weight excluding hydrogens is 312 g/mol. The SMILES string of the molecule is COc1cc(C[NH2+]C(C)(C)C)cc(Cl)c1OCc1cccnc1. The Kier molecular flexibility index (Phi) is 5.85. The Labute approximate surface area is 142 Å². The number of hydrogen-bond donors (Lipinski definition) is 1. The Morgan fingerprint density at radius 2 is 2.00 bits per heavy atom. The molecule has 0 fully saturated rings. The summed E-state index contributed by atoms with van der Waals surface area (Å²) in [6.45, 7) is 7.77. The molecule has 124 valence electrons. The van der Waals surface area contributed by atoms with Crippen LogP contribution in [0.4, 0.5) is 0 Å². The Morgan fingerprint density at radius 1 is 1.22 bits per heavy atom. The van der Waals surface area contributed by atoms with Crippen molar-refractivity contribution in [2.24, 2.45) is 0 Å². The van der Waals surface area contributed by atoms with Crippen LogP contribution in [0.5, 0.6) is 11.5 Å². The lowest BCUT2D eigenvalue weighted by molar-refractivity contribution is -0.731. The molecule has 1 aromatic heterocycles. The van der Waals surface area contributed by atoms with Crippen molar-refractivity contribution in [3.63, 3.8) is 0 Å². The van der Waals surface area contributed by atoms with Gasteiger partial charge < -0.3 is 14.8 Å². The Hall–Kier alpha value is -1.78. The van der Waals surface area contributed by atoms with Gasteiger partial charge in [-0.25, -0.2) is 0 Å². The lowest BCUT2D eigenvalue weighted by atomic mass is 10.1. The van der Waals surface area contributed by atoms with Crippen LogP contribution in [-0.4, -0.2) is 17.6 Å². The monoisotopic (exact) mass is 335 g/mol. The molecule has 5 heteroatoms. The minimum absolute atomic E-state index is 0.162. The van der Waals surface area contributed by atoms with E-state index in [2.05, 4.69) is 31.1 Å². The third-order valence-electron chi connectivity index (χ3n) is 3.35. The number of hydrogen-bond acceptors (Lipinski definition) is 3. The molecule has 2 rings (SSSR count). The van der Waals surface area contributed by atoms with Crippen molar-refractivity contribution in [3.8, 4) is 11.5 Å². The van der Waals surface area contributed by atoms with E-state index in [1.807, 2.05) is 24.3 Å². The zero-order chi connectivity index (χ0) is 16.9. The van der Waals surface area contributed by atoms with Crippen molar-refractivity contribution in [3.05, 3.63) is 52.8 Å². The van der Waals surface area contributed by atoms with Crippen molar-refractivity contribution in [2.75, 3.05) is 7.11 Å². The molecule has 0 aliphatic heterocycles. The first kappa shape index (κ1) is 17.6. The summed E-state index contributed by atoms with van der Waals surface area (Å²) in [6, 6.07) is 7.75. The standard InChI is InChI=1S/C18H23ClN2O2/c1-18(2,3)21-11-14-8-15(19)17(16(9-14)22-4)23-12-13-6-5-7-20-10-13/h5-10,21H,11-12H2,1-4H3/p+1. The summed E-state index contributed by atoms with van der Waals surface area (Å²) in [7, 11) is 1.62. The zero-order valence-corrected chi connectivity index (χ0v) is 14.9. The van der Waals surface area contributed by atoms with E-state index in [-0.39, 0.29) is 5.54 Å². The molecule has 0 aliphatic rings. The summed E-state index contributed by atoms with van der Waals surface area (Å²) in [6.07, 6.45) is 3.50. The van der Waals surface area contributed by atoms with E-state index in [0.29, 0.717) is 23.1 Å². The second-order valence-corrected chi connectivity index (χ2v) is 6.94. The Morgan fingerprint density at radius 3 is 2.61 bits per heavy atom. The molecule has 0 aliphatic carbocycles. The molecule has 1 heterocycles. The summed E-state index contributed by atoms with van der Waals surface area (Å²) in [4.78, 5) is 4.08. The van der Waals surface area contributed by atoms with E-state index in [1.54, 1.807) is 19.5 Å². The van der Waals surface area contributed by atoms with Gasteiger partial charge in [-0.2, -0.15) is 0 Å². The number of quaternary nitrogens is 1. The summed E-state index contributed by atoms with van der Waals surface area (Å²) in [5.41, 5.74) is 2.25. The third-order valence-corrected chi connectivity index (χ3v) is 3.63. The average Bonchev–Trinajstić information content (AvgIpc) is 2.51. The number of aromatic nitrogens is 1. The van der Waals surface area contributed by atoms with Crippen LogP contribution >= 0.6 is 11.6 Å². The summed E-state index contributed by atoms with van der Waals surface area (Å²) in [5, 5.41) is 2.82. The van der Waals surface area contributed by atoms with E-state index in [4.69, 9.17) is 21.1 Å². The topological polar surface area (TPSA) is 48.0 Å². The molecule has 0 bridgehead atoms. The summed E-state index contributed by atoms with van der Waals surface area (Å²) >= 11 is 6.40. The van der Waals surface area contributed by atoms with Crippen LogP contribution in [0.3, 0.4) is 0 Å². The maximum atomic E-state index is 6.40. The largest absolute Gasteiger partial charge is 0.493 e. The lowest BCUT2D eigenvalue weighted by Crippen LogP contribution is -2.92. The first-order valence-corrected chi connectivity index (χ1v) is 7.99. The molecule has 0 saturated carbocycles. The van der Waals surface area contributed by atoms with Gasteiger partial charge in [-0.05, 0) is 39.0 Å². The molecule has 0 unspecified atom stereocenters. The van der Waals surface area contributed by atoms with Gasteiger partial charge in [0.2, 0.25) is 0 Å². The molecule has 1 aromatic carbocycles. The molecule has 0 amide bonds. The number of nitrogens with two attached hydrogens (primary N) is 1. The number of nitrogens with zero attached hydrogens (tertiary/aromatic N) is 1. The average molecular weight is 336 g/mol. The third kappa shape index (κ3) is 5.41. The summed E-state index contributed by atoms with van der Waals surface area (Å²) < 4.78 is 11.3. The number of halogens is 1. The maximum absolute atomic E-state index is 6.40. The van der Waals surface area contributed by atoms with Crippen LogP contribution in [0, 0.1) is 0 Å². The van der Waals surface area contributed by atoms with Gasteiger partial charge in [0.05, 0.1) is 17.7 Å². The van der Waals surface area contributed by atoms with Crippen molar-refractivity contribution in [2.45, 2.75) is 39.5 Å². The van der Waals surface area contributed by atoms with Gasteiger partial charge in [-0.1, -0.05) is 17.7 Å². The van der Waals surface area contributed by atoms with Gasteiger partial charge in [0.15, 0.2) is 11.5 Å². The Balaban J connectivity index is 2.13. The molecule has 0 radical (unpaired) electrons. The number of pyridine rings is 1. The predicted molar refractivity (Wildman–Crippen MR) is 92.0 cm³/mol. The fraction of sp³-hybridized carbons (Fsp3) is 0.389. The molecule has 0 saturated heterocycles. The summed E-state index contributed by atoms with van der Waals surface area (Å²) in [5.74, 6) is 1.22. The van der Waals surface area contributed by atoms with E-state index in [1.165, 1.54) is 0 Å². The highest BCUT2D eigenvalue weighted by Gasteiger charge is 2.16. The number of rotatable bonds is 6. The normalized spacial score (nSPS) is 11.3. The number of methoxy groups -OCH3 is 1. The Bertz CT molecular complexity index is 639. The highest BCUT2D eigenvalue weighted by atomic mass is 35.5. The maximum Gasteiger partial charge on any atom is 0.180 e. The molecule has 2 aromatic rings. The van der Waals surface area contributed by atoms with Crippen LogP contribution in [0.15, 0.2) is 36.7 Å². The van der Waals surface area contributed by atoms with Crippen molar-refractivity contribution in [1.29, 1.82) is 0 Å². The first-order chi connectivity index (χ1) is 10.9. The van der Waals surface area contributed by atoms with E-state index in [9.17, 15) is 0 Å². The molecule has 23 heavy (non-hydrogen) atoms. The van der Waals surface area contributed by atoms with E-state index < -0.39 is 0 Å². The number of benzene rings is 1. The van der Waals surface area contributed by atoms with Crippen LogP contribution in [0.25, 0.3) is 0 Å². The first-order valence-electron chi connectivity index (χ1n) is 7.61. The molecule has 0 atom stereocenters. The van der Waals surface area contributed by atoms with Crippen molar-refractivity contribution in [1.82, 2.24) is 4.98 Å². The highest BCUT2D eigenvalue weighted by Crippen LogP contribution is 2.36. The second kappa shape index (κ2) is 7.66. The quantitative estimate of drug-likeness (QED) is 0.882. The minimum Gasteiger partial charge on any atom is -0.493 e. The van der Waals surface area contributed by atoms with Gasteiger partial charge in [0.1, 0.15) is 13.2 Å². The fourth-order valence-corrected chi connectivity index (χ4v) is 2.38. The van der Waals surface area contributed by atoms with Gasteiger partial charge >= 0.3 is 0 Å². The molecule has 2 N–H and O–H groups in total. The zero-order valence-electron chi connectivity index (χ0n) is 14.1. The number of ether oxygens (including phenoxy) is 2. The predicted octanol–water partition coefficient (Wildman–Crippen LogP) is 3.18. The van der Waals surface area contributed by atoms with Crippen LogP contribution in [-0.2, 0) is 13.2 Å². The van der Waals surface area contributed by atoms with Crippen molar-refractivity contribution >= 4 is 11.6 Å². The fourth-order valence-electron chi connectivity index (χ4n) is 2.09. The van der Waals surface area contributed by atoms with Gasteiger partial charge in [-0.3, -0.25) is 4.98 Å². The molecular formula is C18H24ClN2O2+.